The lowest BCUT2D eigenvalue weighted by molar-refractivity contribution is -0.385. The van der Waals surface area contributed by atoms with Gasteiger partial charge in [0.2, 0.25) is 11.8 Å². The number of nitro groups is 1. The van der Waals surface area contributed by atoms with Crippen LogP contribution in [0.15, 0.2) is 65.6 Å². The number of unbranched alkanes of at least 4 members (excludes halogenated alkanes) is 1. The van der Waals surface area contributed by atoms with Crippen molar-refractivity contribution in [3.8, 4) is 5.75 Å². The summed E-state index contributed by atoms with van der Waals surface area (Å²) < 4.78 is 34.3. The van der Waals surface area contributed by atoms with E-state index in [-0.39, 0.29) is 45.7 Å². The third kappa shape index (κ3) is 8.86. The van der Waals surface area contributed by atoms with Gasteiger partial charge in [-0.1, -0.05) is 55.6 Å². The molecule has 0 radical (unpaired) electrons. The van der Waals surface area contributed by atoms with E-state index in [4.69, 9.17) is 27.9 Å². The van der Waals surface area contributed by atoms with Crippen LogP contribution in [-0.4, -0.2) is 56.3 Å². The predicted octanol–water partition coefficient (Wildman–Crippen LogP) is 6.14. The summed E-state index contributed by atoms with van der Waals surface area (Å²) in [5, 5.41) is 15.1. The van der Waals surface area contributed by atoms with Gasteiger partial charge in [0.25, 0.3) is 15.7 Å². The molecule has 11 nitrogen and oxygen atoms in total. The fourth-order valence-corrected chi connectivity index (χ4v) is 6.37. The molecule has 0 unspecified atom stereocenters. The number of amides is 2. The minimum atomic E-state index is -4.53. The van der Waals surface area contributed by atoms with Gasteiger partial charge < -0.3 is 15.0 Å². The molecule has 0 aliphatic carbocycles. The van der Waals surface area contributed by atoms with Crippen LogP contribution in [0, 0.1) is 17.0 Å². The molecule has 0 saturated carbocycles. The summed E-state index contributed by atoms with van der Waals surface area (Å²) in [5.74, 6) is -0.614. The van der Waals surface area contributed by atoms with Crippen LogP contribution in [0.1, 0.15) is 44.2 Å². The number of halogens is 2. The first-order valence-electron chi connectivity index (χ1n) is 14.3. The normalized spacial score (nSPS) is 11.9. The van der Waals surface area contributed by atoms with Crippen LogP contribution in [0.4, 0.5) is 11.4 Å². The summed E-state index contributed by atoms with van der Waals surface area (Å²) in [6, 6.07) is 13.4. The monoisotopic (exact) mass is 678 g/mol. The molecule has 1 N–H and O–H groups in total. The zero-order valence-corrected chi connectivity index (χ0v) is 27.8. The molecule has 2 amide bonds. The summed E-state index contributed by atoms with van der Waals surface area (Å²) in [4.78, 5) is 39.4. The molecule has 3 aromatic rings. The van der Waals surface area contributed by atoms with E-state index in [0.29, 0.717) is 22.9 Å². The van der Waals surface area contributed by atoms with Crippen LogP contribution in [0.5, 0.6) is 5.75 Å². The second kappa shape index (κ2) is 15.9. The Hall–Kier alpha value is -3.87. The van der Waals surface area contributed by atoms with E-state index < -0.39 is 33.4 Å². The Balaban J connectivity index is 2.11. The average molecular weight is 680 g/mol. The maximum absolute atomic E-state index is 14.2. The number of nitrogens with one attached hydrogen (secondary N) is 1. The van der Waals surface area contributed by atoms with E-state index in [9.17, 15) is 28.1 Å². The smallest absolute Gasteiger partial charge is 0.273 e. The number of hydrogen-bond donors (Lipinski definition) is 1. The Morgan fingerprint density at radius 1 is 1.02 bits per heavy atom. The first-order valence-corrected chi connectivity index (χ1v) is 16.5. The van der Waals surface area contributed by atoms with E-state index >= 15 is 0 Å². The largest absolute Gasteiger partial charge is 0.497 e. The van der Waals surface area contributed by atoms with Crippen molar-refractivity contribution in [2.75, 3.05) is 24.5 Å². The van der Waals surface area contributed by atoms with Crippen molar-refractivity contribution in [2.24, 2.45) is 0 Å². The highest BCUT2D eigenvalue weighted by molar-refractivity contribution is 7.92. The topological polar surface area (TPSA) is 139 Å². The van der Waals surface area contributed by atoms with Crippen LogP contribution < -0.4 is 14.4 Å². The highest BCUT2D eigenvalue weighted by Gasteiger charge is 2.34. The molecule has 1 atom stereocenters. The molecule has 0 spiro atoms. The van der Waals surface area contributed by atoms with Crippen LogP contribution in [0.3, 0.4) is 0 Å². The zero-order chi connectivity index (χ0) is 33.3. The summed E-state index contributed by atoms with van der Waals surface area (Å²) >= 11 is 12.3. The molecule has 14 heteroatoms. The number of ether oxygens (including phenoxy) is 1. The van der Waals surface area contributed by atoms with Gasteiger partial charge in [-0.2, -0.15) is 0 Å². The number of nitro benzene ring substituents is 1. The highest BCUT2D eigenvalue weighted by atomic mass is 35.5. The number of carbonyl (C=O) groups is 2. The number of hydrogen-bond acceptors (Lipinski definition) is 7. The van der Waals surface area contributed by atoms with E-state index in [1.807, 2.05) is 6.92 Å². The van der Waals surface area contributed by atoms with Gasteiger partial charge in [-0.05, 0) is 67.8 Å². The quantitative estimate of drug-likeness (QED) is 0.116. The van der Waals surface area contributed by atoms with E-state index in [2.05, 4.69) is 5.32 Å². The molecule has 242 valence electrons. The second-order valence-electron chi connectivity index (χ2n) is 10.3. The molecular formula is C31H36Cl2N4O7S. The summed E-state index contributed by atoms with van der Waals surface area (Å²) in [6.45, 7) is 4.87. The number of methoxy groups -OCH3 is 1. The molecular weight excluding hydrogens is 643 g/mol. The van der Waals surface area contributed by atoms with E-state index in [1.54, 1.807) is 25.1 Å². The van der Waals surface area contributed by atoms with E-state index in [1.165, 1.54) is 55.3 Å². The Morgan fingerprint density at radius 3 is 2.29 bits per heavy atom. The van der Waals surface area contributed by atoms with Gasteiger partial charge in [-0.25, -0.2) is 8.42 Å². The Bertz CT molecular complexity index is 1640. The van der Waals surface area contributed by atoms with Gasteiger partial charge in [0.1, 0.15) is 18.3 Å². The van der Waals surface area contributed by atoms with Crippen LogP contribution in [-0.2, 0) is 26.2 Å². The maximum atomic E-state index is 14.2. The van der Waals surface area contributed by atoms with Crippen LogP contribution in [0.25, 0.3) is 0 Å². The second-order valence-corrected chi connectivity index (χ2v) is 12.9. The van der Waals surface area contributed by atoms with Crippen LogP contribution >= 0.6 is 23.2 Å². The highest BCUT2D eigenvalue weighted by Crippen LogP contribution is 2.30. The van der Waals surface area contributed by atoms with Gasteiger partial charge in [-0.15, -0.1) is 0 Å². The van der Waals surface area contributed by atoms with Gasteiger partial charge in [0.05, 0.1) is 32.7 Å². The SMILES string of the molecule is CCCCNC(=O)[C@@H](CC)N(Cc1ccc(Cl)c(Cl)c1)C(=O)CN(c1ccc(OC)cc1)S(=O)(=O)c1ccc(C)c([N+](=O)[O-])c1. The van der Waals surface area contributed by atoms with Crippen molar-refractivity contribution in [1.82, 2.24) is 10.2 Å². The Morgan fingerprint density at radius 2 is 1.71 bits per heavy atom. The van der Waals surface area contributed by atoms with Crippen molar-refractivity contribution >= 4 is 56.4 Å². The molecule has 45 heavy (non-hydrogen) atoms. The minimum Gasteiger partial charge on any atom is -0.497 e. The minimum absolute atomic E-state index is 0.0675. The van der Waals surface area contributed by atoms with Crippen molar-refractivity contribution < 1.29 is 27.7 Å². The summed E-state index contributed by atoms with van der Waals surface area (Å²) in [7, 11) is -3.07. The lowest BCUT2D eigenvalue weighted by atomic mass is 10.1. The molecule has 0 fully saturated rings. The summed E-state index contributed by atoms with van der Waals surface area (Å²) in [6.07, 6.45) is 1.84. The molecule has 0 aromatic heterocycles. The average Bonchev–Trinajstić information content (AvgIpc) is 3.01. The number of carbonyl (C=O) groups excluding carboxylic acids is 2. The summed E-state index contributed by atoms with van der Waals surface area (Å²) in [5.41, 5.74) is 0.583. The molecule has 0 heterocycles. The van der Waals surface area contributed by atoms with Gasteiger partial charge in [-0.3, -0.25) is 24.0 Å². The number of rotatable bonds is 15. The third-order valence-electron chi connectivity index (χ3n) is 7.16. The van der Waals surface area contributed by atoms with Crippen molar-refractivity contribution in [3.63, 3.8) is 0 Å². The van der Waals surface area contributed by atoms with Crippen LogP contribution in [0.2, 0.25) is 10.0 Å². The first-order chi connectivity index (χ1) is 21.3. The molecule has 0 aliphatic rings. The van der Waals surface area contributed by atoms with Crippen molar-refractivity contribution in [1.29, 1.82) is 0 Å². The molecule has 3 rings (SSSR count). The number of benzene rings is 3. The zero-order valence-electron chi connectivity index (χ0n) is 25.5. The lowest BCUT2D eigenvalue weighted by Crippen LogP contribution is -2.52. The molecule has 3 aromatic carbocycles. The van der Waals surface area contributed by atoms with Gasteiger partial charge in [0, 0.05) is 24.7 Å². The number of aryl methyl sites for hydroxylation is 1. The fourth-order valence-electron chi connectivity index (χ4n) is 4.61. The van der Waals surface area contributed by atoms with E-state index in [0.717, 1.165) is 23.2 Å². The third-order valence-corrected chi connectivity index (χ3v) is 9.67. The van der Waals surface area contributed by atoms with Gasteiger partial charge in [0.15, 0.2) is 0 Å². The lowest BCUT2D eigenvalue weighted by Gasteiger charge is -2.33. The standard InChI is InChI=1S/C31H36Cl2N4O7S/c1-5-7-16-34-31(39)28(6-2)35(19-22-9-15-26(32)27(33)17-22)30(38)20-36(23-10-12-24(44-4)13-11-23)45(42,43)25-14-8-21(3)29(18-25)37(40)41/h8-15,17-18,28H,5-7,16,19-20H2,1-4H3,(H,34,39)/t28-/m1/s1. The number of nitrogens with zero attached hydrogens (tertiary/aromatic N) is 3. The molecule has 0 aliphatic heterocycles. The molecule has 0 saturated heterocycles. The fraction of sp³-hybridized carbons (Fsp3) is 0.355. The maximum Gasteiger partial charge on any atom is 0.273 e. The number of anilines is 1. The van der Waals surface area contributed by atoms with Crippen molar-refractivity contribution in [3.05, 3.63) is 92.0 Å². The molecule has 0 bridgehead atoms. The van der Waals surface area contributed by atoms with Gasteiger partial charge >= 0.3 is 0 Å². The predicted molar refractivity (Wildman–Crippen MR) is 174 cm³/mol. The Labute approximate surface area is 273 Å². The number of sulfonamides is 1. The Kier molecular flexibility index (Phi) is 12.6. The van der Waals surface area contributed by atoms with Crippen molar-refractivity contribution in [2.45, 2.75) is 57.5 Å². The first kappa shape index (κ1) is 35.6.